The number of quaternary nitrogens is 1. The maximum absolute atomic E-state index is 12.9. The van der Waals surface area contributed by atoms with Crippen LogP contribution in [0.4, 0.5) is 10.1 Å². The van der Waals surface area contributed by atoms with E-state index in [1.165, 1.54) is 46.8 Å². The monoisotopic (exact) mass is 446 g/mol. The second-order valence-corrected chi connectivity index (χ2v) is 9.21. The molecule has 150 valence electrons. The maximum Gasteiger partial charge on any atom is 0.279 e. The van der Waals surface area contributed by atoms with Gasteiger partial charge in [-0.1, -0.05) is 23.2 Å². The summed E-state index contributed by atoms with van der Waals surface area (Å²) in [6.45, 7) is 1.69. The fourth-order valence-corrected chi connectivity index (χ4v) is 5.18. The van der Waals surface area contributed by atoms with E-state index in [1.54, 1.807) is 0 Å². The summed E-state index contributed by atoms with van der Waals surface area (Å²) in [5.41, 5.74) is 0.516. The first-order valence-corrected chi connectivity index (χ1v) is 10.8. The van der Waals surface area contributed by atoms with E-state index in [2.05, 4.69) is 5.32 Å². The van der Waals surface area contributed by atoms with Crippen molar-refractivity contribution in [2.75, 3.05) is 38.0 Å². The Morgan fingerprint density at radius 3 is 2.39 bits per heavy atom. The van der Waals surface area contributed by atoms with Gasteiger partial charge in [0.25, 0.3) is 5.91 Å². The lowest BCUT2D eigenvalue weighted by atomic mass is 10.3. The fourth-order valence-electron chi connectivity index (χ4n) is 3.00. The standard InChI is InChI=1S/C18H18Cl2FN3O3S/c19-13-1-6-16(20)17(11-13)28(26,27)24-9-7-23(8-10-24)12-18(25)22-15-4-2-14(21)3-5-15/h1-6,11H,7-10,12H2,(H,22,25)/p+1. The lowest BCUT2D eigenvalue weighted by Gasteiger charge is -2.31. The van der Waals surface area contributed by atoms with Crippen LogP contribution in [0.25, 0.3) is 0 Å². The minimum atomic E-state index is -3.75. The average molecular weight is 447 g/mol. The van der Waals surface area contributed by atoms with Crippen LogP contribution in [0.2, 0.25) is 10.0 Å². The van der Waals surface area contributed by atoms with Crippen molar-refractivity contribution >= 4 is 44.8 Å². The number of carbonyl (C=O) groups is 1. The smallest absolute Gasteiger partial charge is 0.279 e. The van der Waals surface area contributed by atoms with Gasteiger partial charge in [-0.3, -0.25) is 4.79 Å². The molecule has 0 bridgehead atoms. The Balaban J connectivity index is 1.57. The number of carbonyl (C=O) groups excluding carboxylic acids is 1. The van der Waals surface area contributed by atoms with Gasteiger partial charge in [-0.2, -0.15) is 4.31 Å². The molecule has 0 atom stereocenters. The Bertz CT molecular complexity index is 963. The molecular formula is C18H19Cl2FN3O3S+. The second-order valence-electron chi connectivity index (χ2n) is 6.46. The quantitative estimate of drug-likeness (QED) is 0.733. The molecule has 6 nitrogen and oxygen atoms in total. The molecule has 0 radical (unpaired) electrons. The zero-order valence-electron chi connectivity index (χ0n) is 14.8. The molecule has 2 aromatic carbocycles. The summed E-state index contributed by atoms with van der Waals surface area (Å²) in [6.07, 6.45) is 0. The predicted octanol–water partition coefficient (Wildman–Crippen LogP) is 1.66. The summed E-state index contributed by atoms with van der Waals surface area (Å²) in [7, 11) is -3.75. The molecule has 1 amide bonds. The van der Waals surface area contributed by atoms with Gasteiger partial charge >= 0.3 is 0 Å². The Morgan fingerprint density at radius 1 is 1.11 bits per heavy atom. The number of nitrogens with zero attached hydrogens (tertiary/aromatic N) is 1. The highest BCUT2D eigenvalue weighted by atomic mass is 35.5. The highest BCUT2D eigenvalue weighted by molar-refractivity contribution is 7.89. The molecule has 2 N–H and O–H groups in total. The minimum Gasteiger partial charge on any atom is -0.325 e. The SMILES string of the molecule is O=C(C[NH+]1CCN(S(=O)(=O)c2cc(Cl)ccc2Cl)CC1)Nc1ccc(F)cc1. The van der Waals surface area contributed by atoms with E-state index in [0.29, 0.717) is 23.8 Å². The van der Waals surface area contributed by atoms with Crippen molar-refractivity contribution in [2.45, 2.75) is 4.90 Å². The summed E-state index contributed by atoms with van der Waals surface area (Å²) in [5, 5.41) is 3.13. The van der Waals surface area contributed by atoms with Crippen molar-refractivity contribution in [1.82, 2.24) is 4.31 Å². The summed E-state index contributed by atoms with van der Waals surface area (Å²) in [6, 6.07) is 9.85. The Labute approximate surface area is 172 Å². The number of nitrogens with one attached hydrogen (secondary N) is 2. The first-order chi connectivity index (χ1) is 13.3. The fraction of sp³-hybridized carbons (Fsp3) is 0.278. The van der Waals surface area contributed by atoms with Gasteiger partial charge in [0.15, 0.2) is 6.54 Å². The second kappa shape index (κ2) is 8.75. The third kappa shape index (κ3) is 5.01. The third-order valence-electron chi connectivity index (χ3n) is 4.48. The van der Waals surface area contributed by atoms with Crippen LogP contribution in [0.15, 0.2) is 47.4 Å². The van der Waals surface area contributed by atoms with Crippen molar-refractivity contribution in [2.24, 2.45) is 0 Å². The van der Waals surface area contributed by atoms with E-state index < -0.39 is 10.0 Å². The maximum atomic E-state index is 12.9. The van der Waals surface area contributed by atoms with Gasteiger partial charge in [-0.05, 0) is 42.5 Å². The van der Waals surface area contributed by atoms with Crippen molar-refractivity contribution in [3.63, 3.8) is 0 Å². The topological polar surface area (TPSA) is 70.9 Å². The Morgan fingerprint density at radius 2 is 1.75 bits per heavy atom. The highest BCUT2D eigenvalue weighted by Gasteiger charge is 2.32. The normalized spacial score (nSPS) is 16.1. The molecule has 10 heteroatoms. The molecule has 1 aliphatic heterocycles. The molecule has 1 saturated heterocycles. The highest BCUT2D eigenvalue weighted by Crippen LogP contribution is 2.27. The van der Waals surface area contributed by atoms with Gasteiger partial charge in [-0.25, -0.2) is 12.8 Å². The molecular weight excluding hydrogens is 428 g/mol. The summed E-state index contributed by atoms with van der Waals surface area (Å²) >= 11 is 11.9. The van der Waals surface area contributed by atoms with Gasteiger partial charge in [0.2, 0.25) is 10.0 Å². The number of benzene rings is 2. The van der Waals surface area contributed by atoms with Crippen LogP contribution in [0.3, 0.4) is 0 Å². The predicted molar refractivity (Wildman–Crippen MR) is 106 cm³/mol. The third-order valence-corrected chi connectivity index (χ3v) is 7.09. The number of rotatable bonds is 5. The molecule has 2 aromatic rings. The molecule has 0 unspecified atom stereocenters. The van der Waals surface area contributed by atoms with Gasteiger partial charge in [0.05, 0.1) is 31.2 Å². The Kier molecular flexibility index (Phi) is 6.57. The summed E-state index contributed by atoms with van der Waals surface area (Å²) in [5.74, 6) is -0.587. The first kappa shape index (κ1) is 21.0. The minimum absolute atomic E-state index is 0.0147. The van der Waals surface area contributed by atoms with Crippen LogP contribution < -0.4 is 10.2 Å². The van der Waals surface area contributed by atoms with Crippen LogP contribution in [0.1, 0.15) is 0 Å². The molecule has 3 rings (SSSR count). The van der Waals surface area contributed by atoms with E-state index >= 15 is 0 Å². The van der Waals surface area contributed by atoms with Gasteiger partial charge < -0.3 is 10.2 Å². The molecule has 0 spiro atoms. The van der Waals surface area contributed by atoms with Crippen molar-refractivity contribution in [3.8, 4) is 0 Å². The lowest BCUT2D eigenvalue weighted by molar-refractivity contribution is -0.895. The largest absolute Gasteiger partial charge is 0.325 e. The number of hydrogen-bond donors (Lipinski definition) is 2. The summed E-state index contributed by atoms with van der Waals surface area (Å²) < 4.78 is 39.9. The van der Waals surface area contributed by atoms with Crippen molar-refractivity contribution < 1.29 is 22.5 Å². The van der Waals surface area contributed by atoms with Crippen LogP contribution in [0.5, 0.6) is 0 Å². The number of amides is 1. The van der Waals surface area contributed by atoms with E-state index in [4.69, 9.17) is 23.2 Å². The number of sulfonamides is 1. The van der Waals surface area contributed by atoms with Crippen LogP contribution in [0, 0.1) is 5.82 Å². The molecule has 0 aliphatic carbocycles. The molecule has 0 saturated carbocycles. The van der Waals surface area contributed by atoms with E-state index in [9.17, 15) is 17.6 Å². The van der Waals surface area contributed by atoms with Gasteiger partial charge in [0.1, 0.15) is 10.7 Å². The summed E-state index contributed by atoms with van der Waals surface area (Å²) in [4.78, 5) is 13.1. The number of piperazine rings is 1. The van der Waals surface area contributed by atoms with E-state index in [-0.39, 0.29) is 41.3 Å². The average Bonchev–Trinajstić information content (AvgIpc) is 2.66. The molecule has 1 fully saturated rings. The Hall–Kier alpha value is -1.71. The van der Waals surface area contributed by atoms with Crippen molar-refractivity contribution in [1.29, 1.82) is 0 Å². The molecule has 28 heavy (non-hydrogen) atoms. The van der Waals surface area contributed by atoms with Crippen LogP contribution in [-0.2, 0) is 14.8 Å². The van der Waals surface area contributed by atoms with E-state index in [0.717, 1.165) is 4.90 Å². The van der Waals surface area contributed by atoms with Gasteiger partial charge in [0, 0.05) is 10.7 Å². The molecule has 1 aliphatic rings. The van der Waals surface area contributed by atoms with Gasteiger partial charge in [-0.15, -0.1) is 0 Å². The zero-order chi connectivity index (χ0) is 20.3. The number of anilines is 1. The number of halogens is 3. The lowest BCUT2D eigenvalue weighted by Crippen LogP contribution is -3.15. The first-order valence-electron chi connectivity index (χ1n) is 8.60. The van der Waals surface area contributed by atoms with Crippen molar-refractivity contribution in [3.05, 3.63) is 58.3 Å². The van der Waals surface area contributed by atoms with Crippen LogP contribution >= 0.6 is 23.2 Å². The number of hydrogen-bond acceptors (Lipinski definition) is 3. The van der Waals surface area contributed by atoms with E-state index in [1.807, 2.05) is 0 Å². The van der Waals surface area contributed by atoms with Crippen LogP contribution in [-0.4, -0.2) is 51.4 Å². The molecule has 1 heterocycles. The molecule has 0 aromatic heterocycles. The zero-order valence-corrected chi connectivity index (χ0v) is 17.1.